The van der Waals surface area contributed by atoms with Gasteiger partial charge in [0.1, 0.15) is 5.76 Å². The third-order valence-corrected chi connectivity index (χ3v) is 2.11. The highest BCUT2D eigenvalue weighted by atomic mass is 16.3. The molecule has 0 aliphatic heterocycles. The molecule has 0 saturated carbocycles. The highest BCUT2D eigenvalue weighted by Gasteiger charge is 2.24. The van der Waals surface area contributed by atoms with E-state index in [2.05, 4.69) is 0 Å². The Bertz CT molecular complexity index is 404. The van der Waals surface area contributed by atoms with Crippen molar-refractivity contribution in [1.82, 2.24) is 0 Å². The first-order valence-electron chi connectivity index (χ1n) is 3.94. The molecule has 13 heavy (non-hydrogen) atoms. The van der Waals surface area contributed by atoms with Crippen LogP contribution in [0.1, 0.15) is 15.9 Å². The van der Waals surface area contributed by atoms with Crippen molar-refractivity contribution in [1.29, 1.82) is 0 Å². The molecule has 0 unspecified atom stereocenters. The molecule has 3 heteroatoms. The molecule has 0 heterocycles. The number of hydrogen-bond acceptors (Lipinski definition) is 3. The van der Waals surface area contributed by atoms with Gasteiger partial charge in [0.2, 0.25) is 11.5 Å². The Labute approximate surface area is 74.9 Å². The minimum atomic E-state index is -0.529. The average Bonchev–Trinajstić information content (AvgIpc) is 2.15. The van der Waals surface area contributed by atoms with Crippen molar-refractivity contribution in [2.45, 2.75) is 6.42 Å². The van der Waals surface area contributed by atoms with Gasteiger partial charge in [-0.1, -0.05) is 24.3 Å². The SMILES string of the molecule is O=C1C(O)=C(O)Cc2ccccc21. The summed E-state index contributed by atoms with van der Waals surface area (Å²) < 4.78 is 0. The van der Waals surface area contributed by atoms with Crippen LogP contribution in [0.25, 0.3) is 0 Å². The summed E-state index contributed by atoms with van der Waals surface area (Å²) in [5, 5.41) is 18.4. The van der Waals surface area contributed by atoms with E-state index in [1.54, 1.807) is 24.3 Å². The van der Waals surface area contributed by atoms with Crippen molar-refractivity contribution in [3.63, 3.8) is 0 Å². The molecular formula is C10H8O3. The summed E-state index contributed by atoms with van der Waals surface area (Å²) >= 11 is 0. The molecule has 0 radical (unpaired) electrons. The van der Waals surface area contributed by atoms with Gasteiger partial charge in [-0.3, -0.25) is 4.79 Å². The normalized spacial score (nSPS) is 15.8. The van der Waals surface area contributed by atoms with Crippen molar-refractivity contribution in [2.24, 2.45) is 0 Å². The van der Waals surface area contributed by atoms with E-state index in [9.17, 15) is 15.0 Å². The number of carbonyl (C=O) groups is 1. The van der Waals surface area contributed by atoms with Gasteiger partial charge >= 0.3 is 0 Å². The number of rotatable bonds is 0. The van der Waals surface area contributed by atoms with Crippen LogP contribution in [0.15, 0.2) is 35.8 Å². The topological polar surface area (TPSA) is 57.5 Å². The maximum atomic E-state index is 11.4. The zero-order chi connectivity index (χ0) is 9.42. The van der Waals surface area contributed by atoms with Crippen LogP contribution in [0.4, 0.5) is 0 Å². The number of hydrogen-bond donors (Lipinski definition) is 2. The standard InChI is InChI=1S/C10H8O3/c11-8-5-6-3-1-2-4-7(6)9(12)10(8)13/h1-4,11,13H,5H2. The highest BCUT2D eigenvalue weighted by molar-refractivity contribution is 6.09. The number of Topliss-reactive ketones (excluding diaryl/α,β-unsaturated/α-hetero) is 1. The molecule has 66 valence electrons. The Kier molecular flexibility index (Phi) is 1.59. The van der Waals surface area contributed by atoms with Gasteiger partial charge < -0.3 is 10.2 Å². The summed E-state index contributed by atoms with van der Waals surface area (Å²) in [5.74, 6) is -1.28. The van der Waals surface area contributed by atoms with Gasteiger partial charge in [-0.15, -0.1) is 0 Å². The van der Waals surface area contributed by atoms with Crippen LogP contribution < -0.4 is 0 Å². The minimum absolute atomic E-state index is 0.230. The first-order valence-corrected chi connectivity index (χ1v) is 3.94. The smallest absolute Gasteiger partial charge is 0.231 e. The molecule has 3 nitrogen and oxygen atoms in total. The summed E-state index contributed by atoms with van der Waals surface area (Å²) in [6.07, 6.45) is 0.230. The molecule has 0 atom stereocenters. The minimum Gasteiger partial charge on any atom is -0.508 e. The predicted octanol–water partition coefficient (Wildman–Crippen LogP) is 1.75. The number of carbonyl (C=O) groups excluding carboxylic acids is 1. The Balaban J connectivity index is 2.59. The Hall–Kier alpha value is -1.77. The fourth-order valence-corrected chi connectivity index (χ4v) is 1.42. The molecule has 1 aromatic rings. The molecule has 0 aromatic heterocycles. The van der Waals surface area contributed by atoms with E-state index < -0.39 is 11.5 Å². The van der Waals surface area contributed by atoms with Crippen LogP contribution in [0.2, 0.25) is 0 Å². The van der Waals surface area contributed by atoms with Crippen LogP contribution in [-0.2, 0) is 6.42 Å². The summed E-state index contributed by atoms with van der Waals surface area (Å²) in [5.41, 5.74) is 1.22. The van der Waals surface area contributed by atoms with Crippen molar-refractivity contribution >= 4 is 5.78 Å². The van der Waals surface area contributed by atoms with Crippen LogP contribution in [0.5, 0.6) is 0 Å². The zero-order valence-electron chi connectivity index (χ0n) is 6.82. The lowest BCUT2D eigenvalue weighted by molar-refractivity contribution is 0.0957. The van der Waals surface area contributed by atoms with Gasteiger partial charge in [-0.25, -0.2) is 0 Å². The fraction of sp³-hybridized carbons (Fsp3) is 0.100. The molecular weight excluding hydrogens is 168 g/mol. The Morgan fingerprint density at radius 3 is 2.62 bits per heavy atom. The Morgan fingerprint density at radius 2 is 1.85 bits per heavy atom. The number of aliphatic hydroxyl groups excluding tert-OH is 2. The summed E-state index contributed by atoms with van der Waals surface area (Å²) in [6.45, 7) is 0. The second-order valence-electron chi connectivity index (χ2n) is 2.96. The predicted molar refractivity (Wildman–Crippen MR) is 46.8 cm³/mol. The van der Waals surface area contributed by atoms with Crippen molar-refractivity contribution < 1.29 is 15.0 Å². The van der Waals surface area contributed by atoms with Crippen LogP contribution >= 0.6 is 0 Å². The van der Waals surface area contributed by atoms with Gasteiger partial charge in [0.05, 0.1) is 0 Å². The van der Waals surface area contributed by atoms with Gasteiger partial charge in [-0.05, 0) is 5.56 Å². The van der Waals surface area contributed by atoms with E-state index in [1.165, 1.54) is 0 Å². The Morgan fingerprint density at radius 1 is 1.15 bits per heavy atom. The van der Waals surface area contributed by atoms with Crippen LogP contribution in [0.3, 0.4) is 0 Å². The number of fused-ring (bicyclic) bond motifs is 1. The van der Waals surface area contributed by atoms with E-state index in [1.807, 2.05) is 0 Å². The lowest BCUT2D eigenvalue weighted by Gasteiger charge is -2.14. The molecule has 2 rings (SSSR count). The monoisotopic (exact) mass is 176 g/mol. The number of allylic oxidation sites excluding steroid dienone is 2. The second kappa shape index (κ2) is 2.62. The summed E-state index contributed by atoms with van der Waals surface area (Å²) in [6, 6.07) is 6.92. The maximum Gasteiger partial charge on any atom is 0.231 e. The molecule has 1 aliphatic carbocycles. The van der Waals surface area contributed by atoms with Crippen molar-refractivity contribution in [2.75, 3.05) is 0 Å². The lowest BCUT2D eigenvalue weighted by atomic mass is 9.94. The van der Waals surface area contributed by atoms with Crippen LogP contribution in [-0.4, -0.2) is 16.0 Å². The van der Waals surface area contributed by atoms with Gasteiger partial charge in [-0.2, -0.15) is 0 Å². The molecule has 2 N–H and O–H groups in total. The number of ketones is 1. The first kappa shape index (κ1) is 7.86. The van der Waals surface area contributed by atoms with Gasteiger partial charge in [0, 0.05) is 12.0 Å². The number of aliphatic hydroxyl groups is 2. The van der Waals surface area contributed by atoms with Crippen LogP contribution in [0, 0.1) is 0 Å². The lowest BCUT2D eigenvalue weighted by Crippen LogP contribution is -2.15. The third-order valence-electron chi connectivity index (χ3n) is 2.11. The van der Waals surface area contributed by atoms with E-state index in [0.29, 0.717) is 5.56 Å². The second-order valence-corrected chi connectivity index (χ2v) is 2.96. The summed E-state index contributed by atoms with van der Waals surface area (Å²) in [7, 11) is 0. The van der Waals surface area contributed by atoms with Gasteiger partial charge in [0.15, 0.2) is 0 Å². The average molecular weight is 176 g/mol. The molecule has 0 fully saturated rings. The summed E-state index contributed by atoms with van der Waals surface area (Å²) in [4.78, 5) is 11.4. The molecule has 1 aliphatic rings. The molecule has 0 spiro atoms. The largest absolute Gasteiger partial charge is 0.508 e. The zero-order valence-corrected chi connectivity index (χ0v) is 6.82. The van der Waals surface area contributed by atoms with E-state index in [0.717, 1.165) is 5.56 Å². The van der Waals surface area contributed by atoms with Gasteiger partial charge in [0.25, 0.3) is 0 Å². The van der Waals surface area contributed by atoms with Crippen molar-refractivity contribution in [3.05, 3.63) is 46.9 Å². The third kappa shape index (κ3) is 1.09. The van der Waals surface area contributed by atoms with E-state index in [4.69, 9.17) is 0 Å². The highest BCUT2D eigenvalue weighted by Crippen LogP contribution is 2.22. The van der Waals surface area contributed by atoms with E-state index >= 15 is 0 Å². The number of benzene rings is 1. The first-order chi connectivity index (χ1) is 6.20. The molecule has 0 amide bonds. The van der Waals surface area contributed by atoms with E-state index in [-0.39, 0.29) is 12.2 Å². The van der Waals surface area contributed by atoms with Crippen molar-refractivity contribution in [3.8, 4) is 0 Å². The molecule has 1 aromatic carbocycles. The molecule has 0 saturated heterocycles. The quantitative estimate of drug-likeness (QED) is 0.633. The molecule has 0 bridgehead atoms. The maximum absolute atomic E-state index is 11.4. The fourth-order valence-electron chi connectivity index (χ4n) is 1.42.